The highest BCUT2D eigenvalue weighted by molar-refractivity contribution is 6.30. The average molecular weight is 376 g/mol. The molecular formula is C20H22ClNO4. The molecule has 0 bridgehead atoms. The summed E-state index contributed by atoms with van der Waals surface area (Å²) in [6, 6.07) is 11.3. The van der Waals surface area contributed by atoms with Crippen molar-refractivity contribution < 1.29 is 19.0 Å². The lowest BCUT2D eigenvalue weighted by Crippen LogP contribution is -2.38. The summed E-state index contributed by atoms with van der Waals surface area (Å²) in [5.41, 5.74) is 2.05. The number of ether oxygens (including phenoxy) is 3. The summed E-state index contributed by atoms with van der Waals surface area (Å²) in [6.07, 6.45) is 1.35. The molecule has 0 radical (unpaired) electrons. The van der Waals surface area contributed by atoms with E-state index in [1.54, 1.807) is 20.3 Å². The summed E-state index contributed by atoms with van der Waals surface area (Å²) in [5.74, 6) is 1.98. The van der Waals surface area contributed by atoms with Gasteiger partial charge in [0.1, 0.15) is 12.4 Å². The zero-order valence-electron chi connectivity index (χ0n) is 14.9. The maximum atomic E-state index is 12.4. The quantitative estimate of drug-likeness (QED) is 0.841. The standard InChI is InChI=1S/C20H22ClNO4/c1-24-18-5-3-13(9-19(18)25-2)7-8-22-20(23)15-10-14-11-16(21)4-6-17(14)26-12-15/h3-6,9,11,15H,7-8,10,12H2,1-2H3,(H,22,23)/t15-/m1/s1. The van der Waals surface area contributed by atoms with Crippen LogP contribution in [0.15, 0.2) is 36.4 Å². The van der Waals surface area contributed by atoms with E-state index in [0.717, 1.165) is 16.9 Å². The van der Waals surface area contributed by atoms with Gasteiger partial charge in [-0.15, -0.1) is 0 Å². The van der Waals surface area contributed by atoms with Crippen molar-refractivity contribution in [3.63, 3.8) is 0 Å². The lowest BCUT2D eigenvalue weighted by Gasteiger charge is -2.24. The number of amides is 1. The summed E-state index contributed by atoms with van der Waals surface area (Å²) in [4.78, 5) is 12.4. The maximum absolute atomic E-state index is 12.4. The molecule has 2 aromatic rings. The lowest BCUT2D eigenvalue weighted by atomic mass is 9.96. The third-order valence-corrected chi connectivity index (χ3v) is 4.70. The molecule has 6 heteroatoms. The van der Waals surface area contributed by atoms with E-state index in [0.29, 0.717) is 42.5 Å². The number of rotatable bonds is 6. The normalized spacial score (nSPS) is 15.6. The van der Waals surface area contributed by atoms with Crippen LogP contribution in [-0.4, -0.2) is 33.3 Å². The van der Waals surface area contributed by atoms with Gasteiger partial charge >= 0.3 is 0 Å². The SMILES string of the molecule is COc1ccc(CCNC(=O)[C@H]2COc3ccc(Cl)cc3C2)cc1OC. The van der Waals surface area contributed by atoms with Gasteiger partial charge in [-0.2, -0.15) is 0 Å². The third-order valence-electron chi connectivity index (χ3n) is 4.46. The molecule has 1 aliphatic heterocycles. The molecule has 2 aromatic carbocycles. The van der Waals surface area contributed by atoms with E-state index in [1.165, 1.54) is 0 Å². The molecule has 1 N–H and O–H groups in total. The number of methoxy groups -OCH3 is 2. The molecule has 3 rings (SSSR count). The third kappa shape index (κ3) is 4.22. The maximum Gasteiger partial charge on any atom is 0.226 e. The molecule has 0 aliphatic carbocycles. The first-order valence-corrected chi connectivity index (χ1v) is 8.88. The fourth-order valence-electron chi connectivity index (χ4n) is 3.04. The molecule has 0 spiro atoms. The number of benzene rings is 2. The molecule has 0 fully saturated rings. The van der Waals surface area contributed by atoms with Gasteiger partial charge in [-0.05, 0) is 54.3 Å². The van der Waals surface area contributed by atoms with Crippen LogP contribution >= 0.6 is 11.6 Å². The van der Waals surface area contributed by atoms with E-state index in [4.69, 9.17) is 25.8 Å². The van der Waals surface area contributed by atoms with Gasteiger partial charge in [-0.1, -0.05) is 17.7 Å². The molecule has 5 nitrogen and oxygen atoms in total. The van der Waals surface area contributed by atoms with Crippen molar-refractivity contribution in [3.8, 4) is 17.2 Å². The second kappa shape index (κ2) is 8.32. The highest BCUT2D eigenvalue weighted by Crippen LogP contribution is 2.30. The van der Waals surface area contributed by atoms with Crippen molar-refractivity contribution in [3.05, 3.63) is 52.5 Å². The Kier molecular flexibility index (Phi) is 5.89. The molecule has 0 aromatic heterocycles. The Morgan fingerprint density at radius 2 is 2.00 bits per heavy atom. The van der Waals surface area contributed by atoms with Gasteiger partial charge in [0.15, 0.2) is 11.5 Å². The summed E-state index contributed by atoms with van der Waals surface area (Å²) in [7, 11) is 3.21. The van der Waals surface area contributed by atoms with Gasteiger partial charge in [-0.3, -0.25) is 4.79 Å². The highest BCUT2D eigenvalue weighted by atomic mass is 35.5. The van der Waals surface area contributed by atoms with Crippen molar-refractivity contribution in [2.45, 2.75) is 12.8 Å². The Morgan fingerprint density at radius 1 is 1.19 bits per heavy atom. The minimum Gasteiger partial charge on any atom is -0.493 e. The van der Waals surface area contributed by atoms with Crippen LogP contribution in [0.25, 0.3) is 0 Å². The Hall–Kier alpha value is -2.40. The second-order valence-corrected chi connectivity index (χ2v) is 6.63. The number of nitrogens with one attached hydrogen (secondary N) is 1. The summed E-state index contributed by atoms with van der Waals surface area (Å²) >= 11 is 6.03. The first-order chi connectivity index (χ1) is 12.6. The largest absolute Gasteiger partial charge is 0.493 e. The predicted molar refractivity (Wildman–Crippen MR) is 100 cm³/mol. The van der Waals surface area contributed by atoms with Crippen LogP contribution in [0.3, 0.4) is 0 Å². The summed E-state index contributed by atoms with van der Waals surface area (Å²) in [6.45, 7) is 0.935. The molecule has 1 heterocycles. The van der Waals surface area contributed by atoms with Crippen molar-refractivity contribution in [1.82, 2.24) is 5.32 Å². The molecule has 0 saturated carbocycles. The van der Waals surface area contributed by atoms with Crippen molar-refractivity contribution in [2.75, 3.05) is 27.4 Å². The molecule has 0 saturated heterocycles. The first-order valence-electron chi connectivity index (χ1n) is 8.50. The van der Waals surface area contributed by atoms with Gasteiger partial charge in [-0.25, -0.2) is 0 Å². The molecular weight excluding hydrogens is 354 g/mol. The second-order valence-electron chi connectivity index (χ2n) is 6.19. The van der Waals surface area contributed by atoms with Gasteiger partial charge < -0.3 is 19.5 Å². The topological polar surface area (TPSA) is 56.8 Å². The molecule has 0 unspecified atom stereocenters. The number of hydrogen-bond donors (Lipinski definition) is 1. The van der Waals surface area contributed by atoms with Crippen LogP contribution in [-0.2, 0) is 17.6 Å². The molecule has 138 valence electrons. The van der Waals surface area contributed by atoms with Gasteiger partial charge in [0, 0.05) is 11.6 Å². The van der Waals surface area contributed by atoms with E-state index >= 15 is 0 Å². The van der Waals surface area contributed by atoms with Crippen LogP contribution in [0.2, 0.25) is 5.02 Å². The van der Waals surface area contributed by atoms with Crippen LogP contribution in [0, 0.1) is 5.92 Å². The van der Waals surface area contributed by atoms with E-state index in [1.807, 2.05) is 30.3 Å². The molecule has 26 heavy (non-hydrogen) atoms. The van der Waals surface area contributed by atoms with Crippen LogP contribution in [0.5, 0.6) is 17.2 Å². The lowest BCUT2D eigenvalue weighted by molar-refractivity contribution is -0.126. The minimum atomic E-state index is -0.202. The number of carbonyl (C=O) groups is 1. The van der Waals surface area contributed by atoms with E-state index in [-0.39, 0.29) is 11.8 Å². The van der Waals surface area contributed by atoms with Gasteiger partial charge in [0.05, 0.1) is 20.1 Å². The fourth-order valence-corrected chi connectivity index (χ4v) is 3.24. The molecule has 1 atom stereocenters. The minimum absolute atomic E-state index is 0.00361. The highest BCUT2D eigenvalue weighted by Gasteiger charge is 2.25. The fraction of sp³-hybridized carbons (Fsp3) is 0.350. The van der Waals surface area contributed by atoms with E-state index in [9.17, 15) is 4.79 Å². The van der Waals surface area contributed by atoms with Crippen LogP contribution in [0.1, 0.15) is 11.1 Å². The smallest absolute Gasteiger partial charge is 0.226 e. The number of hydrogen-bond acceptors (Lipinski definition) is 4. The van der Waals surface area contributed by atoms with Crippen molar-refractivity contribution in [2.24, 2.45) is 5.92 Å². The number of halogens is 1. The average Bonchev–Trinajstić information content (AvgIpc) is 2.67. The zero-order valence-corrected chi connectivity index (χ0v) is 15.6. The van der Waals surface area contributed by atoms with Gasteiger partial charge in [0.2, 0.25) is 5.91 Å². The Balaban J connectivity index is 1.53. The van der Waals surface area contributed by atoms with E-state index < -0.39 is 0 Å². The Morgan fingerprint density at radius 3 is 2.77 bits per heavy atom. The molecule has 1 amide bonds. The Labute approximate surface area is 158 Å². The predicted octanol–water partition coefficient (Wildman–Crippen LogP) is 3.27. The first kappa shape index (κ1) is 18.4. The summed E-state index contributed by atoms with van der Waals surface area (Å²) in [5, 5.41) is 3.64. The Bertz CT molecular complexity index is 793. The van der Waals surface area contributed by atoms with E-state index in [2.05, 4.69) is 5.32 Å². The number of carbonyl (C=O) groups excluding carboxylic acids is 1. The monoisotopic (exact) mass is 375 g/mol. The number of fused-ring (bicyclic) bond motifs is 1. The van der Waals surface area contributed by atoms with Crippen LogP contribution in [0.4, 0.5) is 0 Å². The van der Waals surface area contributed by atoms with Gasteiger partial charge in [0.25, 0.3) is 0 Å². The summed E-state index contributed by atoms with van der Waals surface area (Å²) < 4.78 is 16.2. The van der Waals surface area contributed by atoms with Crippen molar-refractivity contribution in [1.29, 1.82) is 0 Å². The van der Waals surface area contributed by atoms with Crippen molar-refractivity contribution >= 4 is 17.5 Å². The van der Waals surface area contributed by atoms with Crippen LogP contribution < -0.4 is 19.5 Å². The molecule has 1 aliphatic rings. The zero-order chi connectivity index (χ0) is 18.5.